The molecule has 0 radical (unpaired) electrons. The van der Waals surface area contributed by atoms with Gasteiger partial charge in [-0.3, -0.25) is 4.79 Å². The predicted octanol–water partition coefficient (Wildman–Crippen LogP) is 4.84. The third-order valence-electron chi connectivity index (χ3n) is 4.27. The maximum Gasteiger partial charge on any atom is 0.257 e. The summed E-state index contributed by atoms with van der Waals surface area (Å²) >= 11 is 0. The number of carbonyl (C=O) groups is 1. The van der Waals surface area contributed by atoms with Gasteiger partial charge >= 0.3 is 0 Å². The van der Waals surface area contributed by atoms with E-state index in [0.717, 1.165) is 22.4 Å². The first kappa shape index (κ1) is 18.9. The third-order valence-corrected chi connectivity index (χ3v) is 4.91. The Morgan fingerprint density at radius 2 is 1.66 bits per heavy atom. The molecule has 0 aliphatic heterocycles. The number of amides is 1. The van der Waals surface area contributed by atoms with Crippen LogP contribution < -0.4 is 5.32 Å². The molecule has 0 spiro atoms. The number of nitrogens with one attached hydrogen (secondary N) is 2. The number of H-pyrrole nitrogens is 1. The molecule has 3 aromatic carbocycles. The fourth-order valence-electron chi connectivity index (χ4n) is 2.98. The van der Waals surface area contributed by atoms with Crippen molar-refractivity contribution in [2.45, 2.75) is 0 Å². The average Bonchev–Trinajstić information content (AvgIpc) is 3.12. The zero-order chi connectivity index (χ0) is 20.4. The van der Waals surface area contributed by atoms with Gasteiger partial charge in [0.25, 0.3) is 5.91 Å². The van der Waals surface area contributed by atoms with Gasteiger partial charge in [-0.2, -0.15) is 4.36 Å². The van der Waals surface area contributed by atoms with E-state index < -0.39 is 9.73 Å². The molecular formula is C22H20N4O2S. The SMILES string of the molecule is CS(C)(=O)=Nc1ccccc1C(=O)Nc1ccc(-c2nc3ccccc3[nH]2)cc1. The molecule has 0 unspecified atom stereocenters. The summed E-state index contributed by atoms with van der Waals surface area (Å²) in [5, 5.41) is 2.87. The minimum absolute atomic E-state index is 0.301. The molecule has 4 aromatic rings. The molecule has 1 heterocycles. The van der Waals surface area contributed by atoms with Gasteiger partial charge < -0.3 is 10.3 Å². The summed E-state index contributed by atoms with van der Waals surface area (Å²) in [7, 11) is -2.37. The summed E-state index contributed by atoms with van der Waals surface area (Å²) in [5.74, 6) is 0.471. The Morgan fingerprint density at radius 1 is 0.966 bits per heavy atom. The lowest BCUT2D eigenvalue weighted by Gasteiger charge is -2.08. The lowest BCUT2D eigenvalue weighted by molar-refractivity contribution is 0.102. The largest absolute Gasteiger partial charge is 0.338 e. The van der Waals surface area contributed by atoms with Crippen molar-refractivity contribution < 1.29 is 9.00 Å². The molecular weight excluding hydrogens is 384 g/mol. The molecule has 1 amide bonds. The van der Waals surface area contributed by atoms with Crippen LogP contribution in [0.4, 0.5) is 11.4 Å². The molecule has 146 valence electrons. The molecule has 1 aromatic heterocycles. The average molecular weight is 404 g/mol. The van der Waals surface area contributed by atoms with Gasteiger partial charge in [0.2, 0.25) is 0 Å². The van der Waals surface area contributed by atoms with Crippen LogP contribution in [0.5, 0.6) is 0 Å². The smallest absolute Gasteiger partial charge is 0.257 e. The highest BCUT2D eigenvalue weighted by Crippen LogP contribution is 2.24. The normalized spacial score (nSPS) is 11.4. The molecule has 4 rings (SSSR count). The highest BCUT2D eigenvalue weighted by atomic mass is 32.2. The van der Waals surface area contributed by atoms with Gasteiger partial charge in [0.1, 0.15) is 5.82 Å². The Morgan fingerprint density at radius 3 is 2.38 bits per heavy atom. The number of hydrogen-bond acceptors (Lipinski definition) is 4. The number of hydrogen-bond donors (Lipinski definition) is 2. The van der Waals surface area contributed by atoms with Crippen molar-refractivity contribution in [1.29, 1.82) is 0 Å². The molecule has 2 N–H and O–H groups in total. The van der Waals surface area contributed by atoms with Crippen molar-refractivity contribution in [2.75, 3.05) is 17.8 Å². The minimum atomic E-state index is -2.37. The fraction of sp³-hybridized carbons (Fsp3) is 0.0909. The van der Waals surface area contributed by atoms with E-state index in [1.807, 2.05) is 48.5 Å². The van der Waals surface area contributed by atoms with Crippen molar-refractivity contribution in [2.24, 2.45) is 4.36 Å². The van der Waals surface area contributed by atoms with Crippen LogP contribution in [0.1, 0.15) is 10.4 Å². The molecule has 0 aliphatic carbocycles. The summed E-state index contributed by atoms with van der Waals surface area (Å²) in [5.41, 5.74) is 4.25. The number of fused-ring (bicyclic) bond motifs is 1. The topological polar surface area (TPSA) is 87.2 Å². The second-order valence-corrected chi connectivity index (χ2v) is 9.47. The van der Waals surface area contributed by atoms with E-state index >= 15 is 0 Å². The zero-order valence-corrected chi connectivity index (χ0v) is 16.9. The summed E-state index contributed by atoms with van der Waals surface area (Å²) in [6, 6.07) is 22.2. The molecule has 0 fully saturated rings. The summed E-state index contributed by atoms with van der Waals surface area (Å²) < 4.78 is 16.2. The van der Waals surface area contributed by atoms with Crippen molar-refractivity contribution in [1.82, 2.24) is 9.97 Å². The van der Waals surface area contributed by atoms with Crippen LogP contribution in [0.2, 0.25) is 0 Å². The van der Waals surface area contributed by atoms with Gasteiger partial charge in [0, 0.05) is 33.5 Å². The van der Waals surface area contributed by atoms with Crippen LogP contribution in [0.15, 0.2) is 77.2 Å². The molecule has 29 heavy (non-hydrogen) atoms. The Labute approximate surface area is 169 Å². The standard InChI is InChI=1S/C22H20N4O2S/c1-29(2,28)26-18-8-4-3-7-17(18)22(27)23-16-13-11-15(12-14-16)21-24-19-9-5-6-10-20(19)25-21/h3-14H,1-2H3,(H,23,27)(H,24,25). The van der Waals surface area contributed by atoms with Crippen molar-refractivity contribution in [3.8, 4) is 11.4 Å². The van der Waals surface area contributed by atoms with Gasteiger partial charge in [0.15, 0.2) is 0 Å². The van der Waals surface area contributed by atoms with Gasteiger partial charge in [-0.25, -0.2) is 9.19 Å². The van der Waals surface area contributed by atoms with Gasteiger partial charge in [-0.05, 0) is 48.5 Å². The molecule has 7 heteroatoms. The highest BCUT2D eigenvalue weighted by Gasteiger charge is 2.12. The number of aromatic nitrogens is 2. The molecule has 0 saturated carbocycles. The Hall–Kier alpha value is -3.45. The first-order valence-corrected chi connectivity index (χ1v) is 11.3. The number of benzene rings is 3. The maximum atomic E-state index is 12.7. The zero-order valence-electron chi connectivity index (χ0n) is 16.0. The summed E-state index contributed by atoms with van der Waals surface area (Å²) in [6.07, 6.45) is 3.08. The second kappa shape index (κ2) is 7.52. The van der Waals surface area contributed by atoms with Crippen LogP contribution in [-0.4, -0.2) is 32.6 Å². The van der Waals surface area contributed by atoms with Crippen LogP contribution in [0, 0.1) is 0 Å². The van der Waals surface area contributed by atoms with E-state index in [9.17, 15) is 9.00 Å². The quantitative estimate of drug-likeness (QED) is 0.510. The van der Waals surface area contributed by atoms with Crippen LogP contribution >= 0.6 is 0 Å². The van der Waals surface area contributed by atoms with Crippen LogP contribution in [-0.2, 0) is 9.73 Å². The fourth-order valence-corrected chi connectivity index (χ4v) is 3.61. The lowest BCUT2D eigenvalue weighted by atomic mass is 10.1. The first-order valence-electron chi connectivity index (χ1n) is 9.02. The minimum Gasteiger partial charge on any atom is -0.338 e. The van der Waals surface area contributed by atoms with E-state index in [4.69, 9.17) is 0 Å². The van der Waals surface area contributed by atoms with Gasteiger partial charge in [0.05, 0.1) is 22.3 Å². The Kier molecular flexibility index (Phi) is 4.90. The number of imidazole rings is 1. The predicted molar refractivity (Wildman–Crippen MR) is 118 cm³/mol. The number of para-hydroxylation sites is 2. The summed E-state index contributed by atoms with van der Waals surface area (Å²) in [4.78, 5) is 20.6. The molecule has 0 saturated heterocycles. The number of anilines is 1. The van der Waals surface area contributed by atoms with E-state index in [1.165, 1.54) is 0 Å². The number of aromatic amines is 1. The lowest BCUT2D eigenvalue weighted by Crippen LogP contribution is -2.12. The molecule has 0 bridgehead atoms. The van der Waals surface area contributed by atoms with Crippen molar-refractivity contribution in [3.63, 3.8) is 0 Å². The number of nitrogens with zero attached hydrogens (tertiary/aromatic N) is 2. The van der Waals surface area contributed by atoms with Gasteiger partial charge in [-0.1, -0.05) is 24.3 Å². The Bertz CT molecular complexity index is 1280. The van der Waals surface area contributed by atoms with Crippen LogP contribution in [0.3, 0.4) is 0 Å². The second-order valence-electron chi connectivity index (χ2n) is 6.92. The van der Waals surface area contributed by atoms with E-state index in [1.54, 1.807) is 36.8 Å². The molecule has 0 aliphatic rings. The monoisotopic (exact) mass is 404 g/mol. The van der Waals surface area contributed by atoms with Crippen molar-refractivity contribution in [3.05, 3.63) is 78.4 Å². The molecule has 0 atom stereocenters. The van der Waals surface area contributed by atoms with Gasteiger partial charge in [-0.15, -0.1) is 0 Å². The van der Waals surface area contributed by atoms with Crippen molar-refractivity contribution >= 4 is 38.0 Å². The van der Waals surface area contributed by atoms with Crippen LogP contribution in [0.25, 0.3) is 22.4 Å². The number of rotatable bonds is 4. The van der Waals surface area contributed by atoms with E-state index in [-0.39, 0.29) is 5.91 Å². The third kappa shape index (κ3) is 4.35. The van der Waals surface area contributed by atoms with E-state index in [2.05, 4.69) is 19.6 Å². The summed E-state index contributed by atoms with van der Waals surface area (Å²) in [6.45, 7) is 0. The number of carbonyl (C=O) groups excluding carboxylic acids is 1. The Balaban J connectivity index is 1.57. The first-order chi connectivity index (χ1) is 13.9. The van der Waals surface area contributed by atoms with E-state index in [0.29, 0.717) is 16.9 Å². The maximum absolute atomic E-state index is 12.7. The highest BCUT2D eigenvalue weighted by molar-refractivity contribution is 7.92. The molecule has 6 nitrogen and oxygen atoms in total.